The summed E-state index contributed by atoms with van der Waals surface area (Å²) in [5, 5.41) is 3.25. The van der Waals surface area contributed by atoms with Crippen molar-refractivity contribution in [3.8, 4) is 17.1 Å². The molecular formula is C13H9N5. The lowest BCUT2D eigenvalue weighted by molar-refractivity contribution is 1.06. The smallest absolute Gasteiger partial charge is 0.155 e. The summed E-state index contributed by atoms with van der Waals surface area (Å²) in [7, 11) is 0. The molecule has 0 radical (unpaired) electrons. The summed E-state index contributed by atoms with van der Waals surface area (Å²) in [6, 6.07) is 7.82. The normalized spacial score (nSPS) is 11.8. The van der Waals surface area contributed by atoms with Gasteiger partial charge in [0.15, 0.2) is 5.82 Å². The summed E-state index contributed by atoms with van der Waals surface area (Å²) in [5.41, 5.74) is 1.95. The molecular weight excluding hydrogens is 226 g/mol. The second-order valence-electron chi connectivity index (χ2n) is 4.02. The summed E-state index contributed by atoms with van der Waals surface area (Å²) >= 11 is 0. The molecule has 86 valence electrons. The van der Waals surface area contributed by atoms with Gasteiger partial charge in [-0.2, -0.15) is 0 Å². The topological polar surface area (TPSA) is 55.6 Å². The number of hydrogen-bond acceptors (Lipinski definition) is 4. The van der Waals surface area contributed by atoms with Crippen molar-refractivity contribution in [1.29, 1.82) is 0 Å². The van der Waals surface area contributed by atoms with Crippen LogP contribution in [-0.4, -0.2) is 19.5 Å². The van der Waals surface area contributed by atoms with E-state index in [0.717, 1.165) is 28.7 Å². The predicted octanol–water partition coefficient (Wildman–Crippen LogP) is 2.39. The Morgan fingerprint density at radius 3 is 2.67 bits per heavy atom. The van der Waals surface area contributed by atoms with Crippen LogP contribution in [0.2, 0.25) is 0 Å². The molecule has 0 saturated carbocycles. The fourth-order valence-electron chi connectivity index (χ4n) is 2.18. The molecule has 0 fully saturated rings. The molecule has 1 aliphatic heterocycles. The molecule has 5 heteroatoms. The van der Waals surface area contributed by atoms with Crippen LogP contribution < -0.4 is 5.32 Å². The Labute approximate surface area is 103 Å². The maximum absolute atomic E-state index is 4.41. The fraction of sp³-hybridized carbons (Fsp3) is 0. The molecule has 5 nitrogen and oxygen atoms in total. The molecule has 4 rings (SSSR count). The van der Waals surface area contributed by atoms with Crippen molar-refractivity contribution in [3.05, 3.63) is 49.1 Å². The van der Waals surface area contributed by atoms with Crippen molar-refractivity contribution in [3.63, 3.8) is 0 Å². The minimum absolute atomic E-state index is 0.780. The second kappa shape index (κ2) is 3.40. The molecule has 0 bridgehead atoms. The highest BCUT2D eigenvalue weighted by atomic mass is 15.2. The number of rotatable bonds is 0. The van der Waals surface area contributed by atoms with Gasteiger partial charge in [0.25, 0.3) is 0 Å². The number of aromatic nitrogens is 4. The quantitative estimate of drug-likeness (QED) is 0.508. The van der Waals surface area contributed by atoms with Crippen LogP contribution in [0.15, 0.2) is 49.1 Å². The standard InChI is InChI=1S/C13H9N5/c1-3-9-11(14-5-1)17-12-10(4-2-6-15-12)18-8-7-16-13(9)18/h1-8H,(H,14,15,17). The lowest BCUT2D eigenvalue weighted by Gasteiger charge is -2.07. The largest absolute Gasteiger partial charge is 0.323 e. The molecule has 3 aromatic heterocycles. The molecule has 0 saturated heterocycles. The van der Waals surface area contributed by atoms with E-state index < -0.39 is 0 Å². The first-order valence-electron chi connectivity index (χ1n) is 5.64. The highest BCUT2D eigenvalue weighted by Gasteiger charge is 2.19. The van der Waals surface area contributed by atoms with Crippen LogP contribution in [0.3, 0.4) is 0 Å². The maximum atomic E-state index is 4.41. The molecule has 0 unspecified atom stereocenters. The monoisotopic (exact) mass is 235 g/mol. The third-order valence-corrected chi connectivity index (χ3v) is 2.97. The van der Waals surface area contributed by atoms with Gasteiger partial charge in [-0.05, 0) is 24.3 Å². The van der Waals surface area contributed by atoms with Crippen molar-refractivity contribution in [1.82, 2.24) is 19.5 Å². The maximum Gasteiger partial charge on any atom is 0.155 e. The number of hydrogen-bond donors (Lipinski definition) is 1. The first kappa shape index (κ1) is 9.35. The van der Waals surface area contributed by atoms with E-state index in [1.54, 1.807) is 18.6 Å². The van der Waals surface area contributed by atoms with E-state index in [0.29, 0.717) is 0 Å². The van der Waals surface area contributed by atoms with Gasteiger partial charge < -0.3 is 5.32 Å². The van der Waals surface area contributed by atoms with Crippen LogP contribution >= 0.6 is 0 Å². The second-order valence-corrected chi connectivity index (χ2v) is 4.02. The number of pyridine rings is 2. The van der Waals surface area contributed by atoms with Crippen LogP contribution in [0.4, 0.5) is 11.6 Å². The van der Waals surface area contributed by atoms with E-state index in [9.17, 15) is 0 Å². The zero-order chi connectivity index (χ0) is 11.9. The molecule has 0 aromatic carbocycles. The Hall–Kier alpha value is -2.69. The minimum atomic E-state index is 0.780. The van der Waals surface area contributed by atoms with Gasteiger partial charge in [0.05, 0.1) is 11.3 Å². The van der Waals surface area contributed by atoms with Crippen LogP contribution in [0.5, 0.6) is 0 Å². The highest BCUT2D eigenvalue weighted by molar-refractivity contribution is 5.80. The summed E-state index contributed by atoms with van der Waals surface area (Å²) in [4.78, 5) is 13.1. The van der Waals surface area contributed by atoms with Crippen molar-refractivity contribution < 1.29 is 0 Å². The Morgan fingerprint density at radius 1 is 0.889 bits per heavy atom. The van der Waals surface area contributed by atoms with E-state index >= 15 is 0 Å². The van der Waals surface area contributed by atoms with Crippen molar-refractivity contribution >= 4 is 11.6 Å². The van der Waals surface area contributed by atoms with Gasteiger partial charge in [0.1, 0.15) is 11.6 Å². The number of anilines is 2. The molecule has 0 atom stereocenters. The SMILES string of the molecule is c1cnc2c(c1)-c1nccn1-c1cccnc1N2. The van der Waals surface area contributed by atoms with Crippen LogP contribution in [0, 0.1) is 0 Å². The molecule has 1 N–H and O–H groups in total. The van der Waals surface area contributed by atoms with Crippen LogP contribution in [-0.2, 0) is 0 Å². The van der Waals surface area contributed by atoms with E-state index in [4.69, 9.17) is 0 Å². The predicted molar refractivity (Wildman–Crippen MR) is 67.9 cm³/mol. The molecule has 1 aliphatic rings. The highest BCUT2D eigenvalue weighted by Crippen LogP contribution is 2.34. The van der Waals surface area contributed by atoms with E-state index in [1.807, 2.05) is 35.0 Å². The minimum Gasteiger partial charge on any atom is -0.323 e. The Morgan fingerprint density at radius 2 is 1.72 bits per heavy atom. The third-order valence-electron chi connectivity index (χ3n) is 2.97. The first-order chi connectivity index (χ1) is 8.93. The zero-order valence-corrected chi connectivity index (χ0v) is 9.41. The van der Waals surface area contributed by atoms with E-state index in [-0.39, 0.29) is 0 Å². The lowest BCUT2D eigenvalue weighted by Crippen LogP contribution is -1.98. The zero-order valence-electron chi connectivity index (χ0n) is 9.41. The number of fused-ring (bicyclic) bond motifs is 5. The molecule has 0 amide bonds. The third kappa shape index (κ3) is 1.18. The van der Waals surface area contributed by atoms with Gasteiger partial charge in [-0.1, -0.05) is 0 Å². The first-order valence-corrected chi connectivity index (χ1v) is 5.64. The van der Waals surface area contributed by atoms with Crippen LogP contribution in [0.25, 0.3) is 17.1 Å². The number of nitrogens with one attached hydrogen (secondary N) is 1. The van der Waals surface area contributed by atoms with Crippen molar-refractivity contribution in [2.24, 2.45) is 0 Å². The van der Waals surface area contributed by atoms with E-state index in [2.05, 4.69) is 20.3 Å². The van der Waals surface area contributed by atoms with Gasteiger partial charge in [0, 0.05) is 24.8 Å². The Balaban J connectivity index is 2.12. The lowest BCUT2D eigenvalue weighted by atomic mass is 10.2. The van der Waals surface area contributed by atoms with Crippen molar-refractivity contribution in [2.45, 2.75) is 0 Å². The fourth-order valence-corrected chi connectivity index (χ4v) is 2.18. The summed E-state index contributed by atoms with van der Waals surface area (Å²) in [6.07, 6.45) is 7.23. The average Bonchev–Trinajstić information content (AvgIpc) is 2.84. The van der Waals surface area contributed by atoms with Gasteiger partial charge >= 0.3 is 0 Å². The van der Waals surface area contributed by atoms with Crippen LogP contribution in [0.1, 0.15) is 0 Å². The van der Waals surface area contributed by atoms with Gasteiger partial charge in [-0.25, -0.2) is 15.0 Å². The van der Waals surface area contributed by atoms with Gasteiger partial charge in [-0.3, -0.25) is 4.57 Å². The molecule has 0 spiro atoms. The summed E-state index contributed by atoms with van der Waals surface area (Å²) in [6.45, 7) is 0. The average molecular weight is 235 g/mol. The van der Waals surface area contributed by atoms with Gasteiger partial charge in [-0.15, -0.1) is 0 Å². The summed E-state index contributed by atoms with van der Waals surface area (Å²) in [5.74, 6) is 2.44. The molecule has 0 aliphatic carbocycles. The number of imidazole rings is 1. The molecule has 3 aromatic rings. The van der Waals surface area contributed by atoms with Gasteiger partial charge in [0.2, 0.25) is 0 Å². The summed E-state index contributed by atoms with van der Waals surface area (Å²) < 4.78 is 2.02. The Bertz CT molecular complexity index is 672. The van der Waals surface area contributed by atoms with Crippen molar-refractivity contribution in [2.75, 3.05) is 5.32 Å². The molecule has 4 heterocycles. The molecule has 18 heavy (non-hydrogen) atoms. The van der Waals surface area contributed by atoms with E-state index in [1.165, 1.54) is 0 Å². The Kier molecular flexibility index (Phi) is 1.77. The number of nitrogens with zero attached hydrogens (tertiary/aromatic N) is 4.